The molecule has 142 valence electrons. The number of amides is 1. The summed E-state index contributed by atoms with van der Waals surface area (Å²) in [7, 11) is 1.44. The van der Waals surface area contributed by atoms with Crippen LogP contribution >= 0.6 is 0 Å². The van der Waals surface area contributed by atoms with Crippen LogP contribution in [-0.4, -0.2) is 39.8 Å². The second-order valence-corrected chi connectivity index (χ2v) is 5.18. The Kier molecular flexibility index (Phi) is 4.79. The first-order chi connectivity index (χ1) is 12.8. The molecule has 0 unspecified atom stereocenters. The highest BCUT2D eigenvalue weighted by Gasteiger charge is 2.33. The summed E-state index contributed by atoms with van der Waals surface area (Å²) in [6.07, 6.45) is -4.32. The molecule has 0 aliphatic heterocycles. The van der Waals surface area contributed by atoms with Crippen molar-refractivity contribution in [1.29, 1.82) is 0 Å². The minimum absolute atomic E-state index is 0.0473. The summed E-state index contributed by atoms with van der Waals surface area (Å²) in [4.78, 5) is 15.4. The number of pyridine rings is 1. The minimum atomic E-state index is -5.09. The fourth-order valence-corrected chi connectivity index (χ4v) is 2.32. The summed E-state index contributed by atoms with van der Waals surface area (Å²) >= 11 is 0. The molecular weight excluding hydrogens is 374 g/mol. The van der Waals surface area contributed by atoms with Gasteiger partial charge in [0.1, 0.15) is 16.8 Å². The zero-order valence-corrected chi connectivity index (χ0v) is 13.6. The Morgan fingerprint density at radius 1 is 1.30 bits per heavy atom. The highest BCUT2D eigenvalue weighted by molar-refractivity contribution is 5.94. The quantitative estimate of drug-likeness (QED) is 0.654. The molecule has 2 N–H and O–H groups in total. The smallest absolute Gasteiger partial charge is 0.496 e. The van der Waals surface area contributed by atoms with E-state index in [0.717, 1.165) is 6.20 Å². The van der Waals surface area contributed by atoms with Crippen molar-refractivity contribution in [2.75, 3.05) is 7.11 Å². The highest BCUT2D eigenvalue weighted by atomic mass is 19.4. The number of nitrogens with one attached hydrogen (secondary N) is 2. The molecule has 0 fully saturated rings. The number of methoxy groups -OCH3 is 1. The van der Waals surface area contributed by atoms with E-state index in [1.807, 2.05) is 0 Å². The SMILES string of the molecule is COc1ccc2n[nH]nc2c1CNC(=O)c1cnc(OC(F)(F)F)c(F)c1. The van der Waals surface area contributed by atoms with Crippen molar-refractivity contribution in [2.45, 2.75) is 12.9 Å². The van der Waals surface area contributed by atoms with E-state index >= 15 is 0 Å². The fourth-order valence-electron chi connectivity index (χ4n) is 2.32. The summed E-state index contributed by atoms with van der Waals surface area (Å²) in [5, 5.41) is 12.8. The molecule has 0 radical (unpaired) electrons. The predicted octanol–water partition coefficient (Wildman–Crippen LogP) is 2.33. The van der Waals surface area contributed by atoms with E-state index in [4.69, 9.17) is 4.74 Å². The van der Waals surface area contributed by atoms with Gasteiger partial charge in [-0.2, -0.15) is 15.4 Å². The number of aromatic nitrogens is 4. The van der Waals surface area contributed by atoms with Gasteiger partial charge in [-0.25, -0.2) is 9.37 Å². The largest absolute Gasteiger partial charge is 0.574 e. The number of carbonyl (C=O) groups excluding carboxylic acids is 1. The van der Waals surface area contributed by atoms with Crippen molar-refractivity contribution in [3.05, 3.63) is 41.3 Å². The van der Waals surface area contributed by atoms with Crippen molar-refractivity contribution in [2.24, 2.45) is 0 Å². The Bertz CT molecular complexity index is 989. The number of ether oxygens (including phenoxy) is 2. The molecule has 8 nitrogen and oxygen atoms in total. The Morgan fingerprint density at radius 3 is 2.74 bits per heavy atom. The molecule has 0 atom stereocenters. The van der Waals surface area contributed by atoms with Gasteiger partial charge in [-0.3, -0.25) is 4.79 Å². The zero-order chi connectivity index (χ0) is 19.6. The van der Waals surface area contributed by atoms with Crippen LogP contribution in [0.5, 0.6) is 11.6 Å². The molecular formula is C15H11F4N5O3. The topological polar surface area (TPSA) is 102 Å². The molecule has 2 aromatic heterocycles. The molecule has 0 spiro atoms. The Labute approximate surface area is 148 Å². The van der Waals surface area contributed by atoms with Crippen LogP contribution in [0.4, 0.5) is 17.6 Å². The van der Waals surface area contributed by atoms with Gasteiger partial charge in [0.25, 0.3) is 11.8 Å². The number of rotatable bonds is 5. The van der Waals surface area contributed by atoms with Gasteiger partial charge in [0.05, 0.1) is 12.7 Å². The minimum Gasteiger partial charge on any atom is -0.496 e. The lowest BCUT2D eigenvalue weighted by atomic mass is 10.1. The second kappa shape index (κ2) is 7.05. The average molecular weight is 385 g/mol. The van der Waals surface area contributed by atoms with E-state index in [2.05, 4.69) is 30.4 Å². The molecule has 3 aromatic rings. The normalized spacial score (nSPS) is 11.4. The molecule has 27 heavy (non-hydrogen) atoms. The number of alkyl halides is 3. The van der Waals surface area contributed by atoms with Gasteiger partial charge in [-0.05, 0) is 18.2 Å². The molecule has 1 aromatic carbocycles. The van der Waals surface area contributed by atoms with Crippen molar-refractivity contribution in [1.82, 2.24) is 25.7 Å². The lowest BCUT2D eigenvalue weighted by Gasteiger charge is -2.11. The van der Waals surface area contributed by atoms with Crippen molar-refractivity contribution >= 4 is 16.9 Å². The van der Waals surface area contributed by atoms with Gasteiger partial charge in [0.15, 0.2) is 5.82 Å². The molecule has 1 amide bonds. The van der Waals surface area contributed by atoms with Crippen LogP contribution in [0.3, 0.4) is 0 Å². The second-order valence-electron chi connectivity index (χ2n) is 5.18. The maximum atomic E-state index is 13.7. The van der Waals surface area contributed by atoms with Crippen LogP contribution in [-0.2, 0) is 6.54 Å². The Morgan fingerprint density at radius 2 is 2.07 bits per heavy atom. The van der Waals surface area contributed by atoms with Gasteiger partial charge in [0.2, 0.25) is 0 Å². The van der Waals surface area contributed by atoms with Gasteiger partial charge in [0, 0.05) is 18.3 Å². The highest BCUT2D eigenvalue weighted by Crippen LogP contribution is 2.26. The number of aromatic amines is 1. The van der Waals surface area contributed by atoms with Crippen molar-refractivity contribution < 1.29 is 31.8 Å². The summed E-state index contributed by atoms with van der Waals surface area (Å²) in [6.45, 7) is -0.0473. The van der Waals surface area contributed by atoms with Crippen LogP contribution in [0.2, 0.25) is 0 Å². The number of fused-ring (bicyclic) bond motifs is 1. The van der Waals surface area contributed by atoms with E-state index in [9.17, 15) is 22.4 Å². The number of nitrogens with zero attached hydrogens (tertiary/aromatic N) is 3. The summed E-state index contributed by atoms with van der Waals surface area (Å²) in [5.41, 5.74) is 1.24. The predicted molar refractivity (Wildman–Crippen MR) is 82.5 cm³/mol. The van der Waals surface area contributed by atoms with Crippen LogP contribution in [0, 0.1) is 5.82 Å². The van der Waals surface area contributed by atoms with Gasteiger partial charge in [-0.15, -0.1) is 13.2 Å². The third-order valence-corrected chi connectivity index (χ3v) is 3.48. The summed E-state index contributed by atoms with van der Waals surface area (Å²) in [5.74, 6) is -3.01. The monoisotopic (exact) mass is 385 g/mol. The van der Waals surface area contributed by atoms with Crippen LogP contribution in [0.15, 0.2) is 24.4 Å². The molecule has 0 aliphatic rings. The van der Waals surface area contributed by atoms with E-state index in [0.29, 0.717) is 28.4 Å². The average Bonchev–Trinajstić information content (AvgIpc) is 3.08. The van der Waals surface area contributed by atoms with Crippen molar-refractivity contribution in [3.8, 4) is 11.6 Å². The van der Waals surface area contributed by atoms with Crippen LogP contribution in [0.1, 0.15) is 15.9 Å². The first-order valence-electron chi connectivity index (χ1n) is 7.34. The summed E-state index contributed by atoms with van der Waals surface area (Å²) in [6, 6.07) is 3.90. The van der Waals surface area contributed by atoms with Gasteiger partial charge < -0.3 is 14.8 Å². The van der Waals surface area contributed by atoms with Crippen LogP contribution < -0.4 is 14.8 Å². The number of carbonyl (C=O) groups is 1. The third kappa shape index (κ3) is 4.04. The third-order valence-electron chi connectivity index (χ3n) is 3.48. The van der Waals surface area contributed by atoms with Crippen molar-refractivity contribution in [3.63, 3.8) is 0 Å². The van der Waals surface area contributed by atoms with E-state index in [1.54, 1.807) is 12.1 Å². The van der Waals surface area contributed by atoms with Gasteiger partial charge in [-0.1, -0.05) is 0 Å². The number of benzene rings is 1. The first-order valence-corrected chi connectivity index (χ1v) is 7.34. The number of H-pyrrole nitrogens is 1. The maximum Gasteiger partial charge on any atom is 0.574 e. The Balaban J connectivity index is 1.77. The molecule has 2 heterocycles. The lowest BCUT2D eigenvalue weighted by Crippen LogP contribution is -2.24. The standard InChI is InChI=1S/C15H11F4N5O3/c1-26-11-3-2-10-12(23-24-22-10)8(11)6-20-13(25)7-4-9(16)14(21-5-7)27-15(17,18)19/h2-5H,6H2,1H3,(H,20,25)(H,22,23,24). The van der Waals surface area contributed by atoms with E-state index < -0.39 is 24.0 Å². The first kappa shape index (κ1) is 18.4. The molecule has 0 aliphatic carbocycles. The molecule has 12 heteroatoms. The molecule has 0 saturated carbocycles. The van der Waals surface area contributed by atoms with Crippen LogP contribution in [0.25, 0.3) is 11.0 Å². The number of hydrogen-bond donors (Lipinski definition) is 2. The zero-order valence-electron chi connectivity index (χ0n) is 13.6. The number of hydrogen-bond acceptors (Lipinski definition) is 6. The summed E-state index contributed by atoms with van der Waals surface area (Å²) < 4.78 is 58.7. The number of halogens is 4. The molecule has 3 rings (SSSR count). The fraction of sp³-hybridized carbons (Fsp3) is 0.200. The van der Waals surface area contributed by atoms with E-state index in [1.165, 1.54) is 7.11 Å². The Hall–Kier alpha value is -3.44. The lowest BCUT2D eigenvalue weighted by molar-refractivity contribution is -0.277. The molecule has 0 saturated heterocycles. The van der Waals surface area contributed by atoms with E-state index in [-0.39, 0.29) is 12.1 Å². The molecule has 0 bridgehead atoms. The maximum absolute atomic E-state index is 13.7. The van der Waals surface area contributed by atoms with Gasteiger partial charge >= 0.3 is 6.36 Å².